The molecule has 0 aromatic heterocycles. The van der Waals surface area contributed by atoms with E-state index in [-0.39, 0.29) is 0 Å². The molecule has 0 bridgehead atoms. The number of methoxy groups -OCH3 is 1. The van der Waals surface area contributed by atoms with Crippen LogP contribution in [0.4, 0.5) is 0 Å². The maximum Gasteiger partial charge on any atom is 0.251 e. The van der Waals surface area contributed by atoms with Crippen LogP contribution < -0.4 is 15.2 Å². The number of hydrogen-bond donors (Lipinski definition) is 1. The Bertz CT molecular complexity index is 433. The lowest BCUT2D eigenvalue weighted by Crippen LogP contribution is -2.48. The minimum atomic E-state index is -1.27. The van der Waals surface area contributed by atoms with Gasteiger partial charge in [0.1, 0.15) is 5.75 Å². The molecule has 1 rings (SSSR count). The fourth-order valence-corrected chi connectivity index (χ4v) is 1.94. The van der Waals surface area contributed by atoms with Gasteiger partial charge in [0.2, 0.25) is 0 Å². The molecule has 0 saturated carbocycles. The summed E-state index contributed by atoms with van der Waals surface area (Å²) in [5.74, 6) is -0.425. The molecule has 0 aliphatic rings. The topological polar surface area (TPSA) is 78.5 Å². The van der Waals surface area contributed by atoms with Crippen molar-refractivity contribution in [1.29, 1.82) is 0 Å². The number of carboxylic acid groups (broad SMARTS) is 1. The number of carboxylic acids is 1. The van der Waals surface area contributed by atoms with E-state index in [1.54, 1.807) is 24.3 Å². The number of ether oxygens (including phenoxy) is 1. The molecule has 1 amide bonds. The highest BCUT2D eigenvalue weighted by Crippen LogP contribution is 2.11. The molecule has 0 radical (unpaired) electrons. The number of hydrogen-bond acceptors (Lipinski definition) is 5. The molecule has 1 aromatic carbocycles. The smallest absolute Gasteiger partial charge is 0.251 e. The summed E-state index contributed by atoms with van der Waals surface area (Å²) in [4.78, 5) is 22.8. The maximum absolute atomic E-state index is 11.9. The van der Waals surface area contributed by atoms with Crippen molar-refractivity contribution in [2.75, 3.05) is 19.1 Å². The summed E-state index contributed by atoms with van der Waals surface area (Å²) in [5.41, 5.74) is 0.385. The molecule has 0 aliphatic heterocycles. The highest BCUT2D eigenvalue weighted by molar-refractivity contribution is 7.98. The Hall–Kier alpha value is -1.69. The second-order valence-corrected chi connectivity index (χ2v) is 4.84. The van der Waals surface area contributed by atoms with Gasteiger partial charge < -0.3 is 20.0 Å². The molecule has 0 spiro atoms. The number of rotatable bonds is 7. The van der Waals surface area contributed by atoms with Gasteiger partial charge in [0.15, 0.2) is 0 Å². The summed E-state index contributed by atoms with van der Waals surface area (Å²) >= 11 is 1.52. The molecular weight excluding hydrogens is 266 g/mol. The van der Waals surface area contributed by atoms with Crippen molar-refractivity contribution in [2.45, 2.75) is 12.5 Å². The molecule has 1 N–H and O–H groups in total. The highest BCUT2D eigenvalue weighted by atomic mass is 32.2. The summed E-state index contributed by atoms with van der Waals surface area (Å²) in [6, 6.07) is 5.47. The summed E-state index contributed by atoms with van der Waals surface area (Å²) in [6.07, 6.45) is 2.21. The first-order chi connectivity index (χ1) is 9.08. The minimum Gasteiger partial charge on any atom is -0.548 e. The van der Waals surface area contributed by atoms with E-state index in [4.69, 9.17) is 4.74 Å². The Morgan fingerprint density at radius 1 is 1.37 bits per heavy atom. The Balaban J connectivity index is 2.67. The molecule has 0 aliphatic carbocycles. The number of carbonyl (C=O) groups is 2. The van der Waals surface area contributed by atoms with Gasteiger partial charge in [0, 0.05) is 5.56 Å². The van der Waals surface area contributed by atoms with Crippen LogP contribution in [0.5, 0.6) is 5.75 Å². The highest BCUT2D eigenvalue weighted by Gasteiger charge is 2.14. The zero-order valence-electron chi connectivity index (χ0n) is 10.8. The molecule has 6 heteroatoms. The number of thioether (sulfide) groups is 1. The Labute approximate surface area is 116 Å². The van der Waals surface area contributed by atoms with E-state index in [1.807, 2.05) is 6.26 Å². The summed E-state index contributed by atoms with van der Waals surface area (Å²) in [7, 11) is 1.53. The van der Waals surface area contributed by atoms with E-state index in [2.05, 4.69) is 5.32 Å². The van der Waals surface area contributed by atoms with Crippen molar-refractivity contribution in [3.8, 4) is 5.75 Å². The van der Waals surface area contributed by atoms with Gasteiger partial charge in [-0.2, -0.15) is 11.8 Å². The molecule has 19 heavy (non-hydrogen) atoms. The van der Waals surface area contributed by atoms with E-state index in [1.165, 1.54) is 18.9 Å². The maximum atomic E-state index is 11.9. The van der Waals surface area contributed by atoms with Crippen LogP contribution in [-0.4, -0.2) is 37.0 Å². The monoisotopic (exact) mass is 282 g/mol. The van der Waals surface area contributed by atoms with Gasteiger partial charge in [-0.05, 0) is 42.7 Å². The quantitative estimate of drug-likeness (QED) is 0.778. The van der Waals surface area contributed by atoms with E-state index < -0.39 is 17.9 Å². The predicted molar refractivity (Wildman–Crippen MR) is 72.3 cm³/mol. The lowest BCUT2D eigenvalue weighted by atomic mass is 10.1. The van der Waals surface area contributed by atoms with Crippen molar-refractivity contribution in [2.24, 2.45) is 0 Å². The van der Waals surface area contributed by atoms with Crippen LogP contribution in [0.2, 0.25) is 0 Å². The van der Waals surface area contributed by atoms with E-state index in [0.29, 0.717) is 23.5 Å². The lowest BCUT2D eigenvalue weighted by molar-refractivity contribution is -0.308. The van der Waals surface area contributed by atoms with E-state index in [0.717, 1.165) is 0 Å². The summed E-state index contributed by atoms with van der Waals surface area (Å²) in [5, 5.41) is 13.4. The van der Waals surface area contributed by atoms with Crippen LogP contribution in [0.25, 0.3) is 0 Å². The van der Waals surface area contributed by atoms with Gasteiger partial charge in [-0.3, -0.25) is 4.79 Å². The molecule has 1 aromatic rings. The fraction of sp³-hybridized carbons (Fsp3) is 0.385. The number of nitrogens with one attached hydrogen (secondary N) is 1. The zero-order chi connectivity index (χ0) is 14.3. The second kappa shape index (κ2) is 7.68. The van der Waals surface area contributed by atoms with Crippen molar-refractivity contribution in [3.63, 3.8) is 0 Å². The lowest BCUT2D eigenvalue weighted by Gasteiger charge is -2.19. The fourth-order valence-electron chi connectivity index (χ4n) is 1.47. The van der Waals surface area contributed by atoms with Gasteiger partial charge in [-0.15, -0.1) is 0 Å². The van der Waals surface area contributed by atoms with Gasteiger partial charge in [-0.25, -0.2) is 0 Å². The van der Waals surface area contributed by atoms with Crippen LogP contribution >= 0.6 is 11.8 Å². The largest absolute Gasteiger partial charge is 0.548 e. The number of benzene rings is 1. The molecule has 0 heterocycles. The molecular formula is C13H16NO4S-. The third kappa shape index (κ3) is 4.82. The van der Waals surface area contributed by atoms with Crippen LogP contribution in [-0.2, 0) is 4.79 Å². The first kappa shape index (κ1) is 15.4. The molecule has 104 valence electrons. The molecule has 0 saturated heterocycles. The van der Waals surface area contributed by atoms with Crippen molar-refractivity contribution < 1.29 is 19.4 Å². The van der Waals surface area contributed by atoms with Crippen LogP contribution in [0.15, 0.2) is 24.3 Å². The average Bonchev–Trinajstić information content (AvgIpc) is 2.43. The van der Waals surface area contributed by atoms with E-state index >= 15 is 0 Å². The third-order valence-corrected chi connectivity index (χ3v) is 3.20. The predicted octanol–water partition coefficient (Wildman–Crippen LogP) is 0.297. The zero-order valence-corrected chi connectivity index (χ0v) is 11.7. The third-order valence-electron chi connectivity index (χ3n) is 2.55. The van der Waals surface area contributed by atoms with Gasteiger partial charge >= 0.3 is 0 Å². The van der Waals surface area contributed by atoms with Crippen LogP contribution in [0.3, 0.4) is 0 Å². The Morgan fingerprint density at radius 2 is 2.00 bits per heavy atom. The van der Waals surface area contributed by atoms with Gasteiger partial charge in [-0.1, -0.05) is 0 Å². The summed E-state index contributed by atoms with van der Waals surface area (Å²) in [6.45, 7) is 0. The first-order valence-electron chi connectivity index (χ1n) is 5.73. The molecule has 0 fully saturated rings. The van der Waals surface area contributed by atoms with Crippen LogP contribution in [0, 0.1) is 0 Å². The van der Waals surface area contributed by atoms with Gasteiger partial charge in [0.25, 0.3) is 5.91 Å². The number of amides is 1. The standard InChI is InChI=1S/C13H17NO4S/c1-18-10-5-3-9(4-6-10)12(15)14-11(13(16)17)7-8-19-2/h3-6,11H,7-8H2,1-2H3,(H,14,15)(H,16,17)/p-1/t11-/m1/s1. The van der Waals surface area contributed by atoms with Crippen molar-refractivity contribution in [3.05, 3.63) is 29.8 Å². The van der Waals surface area contributed by atoms with Crippen molar-refractivity contribution >= 4 is 23.6 Å². The summed E-state index contributed by atoms with van der Waals surface area (Å²) < 4.78 is 4.98. The Kier molecular flexibility index (Phi) is 6.21. The number of carbonyl (C=O) groups excluding carboxylic acids is 2. The average molecular weight is 282 g/mol. The van der Waals surface area contributed by atoms with Crippen molar-refractivity contribution in [1.82, 2.24) is 5.32 Å². The molecule has 0 unspecified atom stereocenters. The molecule has 1 atom stereocenters. The number of aliphatic carboxylic acids is 1. The van der Waals surface area contributed by atoms with Crippen LogP contribution in [0.1, 0.15) is 16.8 Å². The second-order valence-electron chi connectivity index (χ2n) is 3.86. The first-order valence-corrected chi connectivity index (χ1v) is 7.12. The van der Waals surface area contributed by atoms with E-state index in [9.17, 15) is 14.7 Å². The Morgan fingerprint density at radius 3 is 2.47 bits per heavy atom. The SMILES string of the molecule is COc1ccc(C(=O)N[C@H](CCSC)C(=O)[O-])cc1. The normalized spacial score (nSPS) is 11.7. The minimum absolute atomic E-state index is 0.339. The van der Waals surface area contributed by atoms with Gasteiger partial charge in [0.05, 0.1) is 19.1 Å². The molecule has 5 nitrogen and oxygen atoms in total.